The highest BCUT2D eigenvalue weighted by Gasteiger charge is 2.25. The molecule has 2 aromatic heterocycles. The number of ether oxygens (including phenoxy) is 2. The lowest BCUT2D eigenvalue weighted by atomic mass is 10.2. The minimum Gasteiger partial charge on any atom is -0.481 e. The van der Waals surface area contributed by atoms with Crippen molar-refractivity contribution in [1.82, 2.24) is 9.97 Å². The molecule has 10 heteroatoms. The predicted octanol–water partition coefficient (Wildman–Crippen LogP) is 3.00. The van der Waals surface area contributed by atoms with Gasteiger partial charge in [0.1, 0.15) is 5.58 Å². The SMILES string of the molecule is COc1cc(OC)nc(NS(=O)(=O)c2oc3ccc(Cl)cc3c2C)n1. The Morgan fingerprint density at radius 3 is 2.36 bits per heavy atom. The van der Waals surface area contributed by atoms with Gasteiger partial charge in [-0.1, -0.05) is 11.6 Å². The number of hydrogen-bond donors (Lipinski definition) is 1. The molecule has 3 rings (SSSR count). The van der Waals surface area contributed by atoms with Crippen molar-refractivity contribution >= 4 is 38.5 Å². The van der Waals surface area contributed by atoms with Gasteiger partial charge in [0.25, 0.3) is 10.0 Å². The molecule has 0 unspecified atom stereocenters. The van der Waals surface area contributed by atoms with Gasteiger partial charge < -0.3 is 13.9 Å². The van der Waals surface area contributed by atoms with Crippen LogP contribution in [-0.4, -0.2) is 32.6 Å². The summed E-state index contributed by atoms with van der Waals surface area (Å²) in [5.74, 6) is 0.101. The second-order valence-corrected chi connectivity index (χ2v) is 7.05. The number of methoxy groups -OCH3 is 2. The highest BCUT2D eigenvalue weighted by atomic mass is 35.5. The molecule has 0 aliphatic heterocycles. The first-order chi connectivity index (χ1) is 11.8. The Morgan fingerprint density at radius 2 is 1.76 bits per heavy atom. The van der Waals surface area contributed by atoms with Crippen molar-refractivity contribution in [2.45, 2.75) is 12.0 Å². The fourth-order valence-electron chi connectivity index (χ4n) is 2.25. The first kappa shape index (κ1) is 17.3. The molecule has 2 heterocycles. The highest BCUT2D eigenvalue weighted by Crippen LogP contribution is 2.31. The first-order valence-corrected chi connectivity index (χ1v) is 8.88. The molecule has 1 aromatic carbocycles. The maximum Gasteiger partial charge on any atom is 0.298 e. The zero-order chi connectivity index (χ0) is 18.2. The summed E-state index contributed by atoms with van der Waals surface area (Å²) in [6, 6.07) is 6.29. The molecule has 0 atom stereocenters. The van der Waals surface area contributed by atoms with Gasteiger partial charge in [0.15, 0.2) is 0 Å². The molecule has 0 radical (unpaired) electrons. The van der Waals surface area contributed by atoms with E-state index in [0.29, 0.717) is 21.6 Å². The van der Waals surface area contributed by atoms with Crippen LogP contribution in [0.4, 0.5) is 5.95 Å². The number of anilines is 1. The number of aryl methyl sites for hydroxylation is 1. The van der Waals surface area contributed by atoms with Gasteiger partial charge in [-0.3, -0.25) is 0 Å². The van der Waals surface area contributed by atoms with Crippen molar-refractivity contribution in [2.24, 2.45) is 0 Å². The van der Waals surface area contributed by atoms with Crippen LogP contribution in [0.5, 0.6) is 11.8 Å². The monoisotopic (exact) mass is 383 g/mol. The fraction of sp³-hybridized carbons (Fsp3) is 0.200. The van der Waals surface area contributed by atoms with E-state index in [4.69, 9.17) is 25.5 Å². The van der Waals surface area contributed by atoms with Crippen LogP contribution in [0.1, 0.15) is 5.56 Å². The van der Waals surface area contributed by atoms with Gasteiger partial charge in [-0.25, -0.2) is 4.72 Å². The molecule has 0 aliphatic carbocycles. The van der Waals surface area contributed by atoms with Crippen LogP contribution >= 0.6 is 11.6 Å². The van der Waals surface area contributed by atoms with Crippen LogP contribution in [0.15, 0.2) is 33.8 Å². The van der Waals surface area contributed by atoms with Crippen molar-refractivity contribution in [2.75, 3.05) is 18.9 Å². The topological polar surface area (TPSA) is 104 Å². The van der Waals surface area contributed by atoms with Gasteiger partial charge in [0, 0.05) is 16.0 Å². The van der Waals surface area contributed by atoms with Crippen molar-refractivity contribution in [3.05, 3.63) is 34.9 Å². The molecule has 0 bridgehead atoms. The Labute approximate surface area is 148 Å². The van der Waals surface area contributed by atoms with E-state index in [1.54, 1.807) is 25.1 Å². The van der Waals surface area contributed by atoms with Crippen LogP contribution in [-0.2, 0) is 10.0 Å². The van der Waals surface area contributed by atoms with Crippen LogP contribution in [0, 0.1) is 6.92 Å². The normalized spacial score (nSPS) is 11.5. The number of nitrogens with one attached hydrogen (secondary N) is 1. The van der Waals surface area contributed by atoms with E-state index in [1.165, 1.54) is 20.3 Å². The van der Waals surface area contributed by atoms with Gasteiger partial charge >= 0.3 is 0 Å². The molecule has 0 aliphatic rings. The summed E-state index contributed by atoms with van der Waals surface area (Å²) in [6.07, 6.45) is 0. The van der Waals surface area contributed by atoms with Crippen molar-refractivity contribution in [3.8, 4) is 11.8 Å². The molecule has 0 fully saturated rings. The summed E-state index contributed by atoms with van der Waals surface area (Å²) >= 11 is 5.96. The number of aromatic nitrogens is 2. The molecule has 8 nitrogen and oxygen atoms in total. The minimum atomic E-state index is -4.06. The number of nitrogens with zero attached hydrogens (tertiary/aromatic N) is 2. The van der Waals surface area contributed by atoms with Crippen LogP contribution in [0.3, 0.4) is 0 Å². The standard InChI is InChI=1S/C15H14ClN3O5S/c1-8-10-6-9(16)4-5-11(10)24-14(8)25(20,21)19-15-17-12(22-2)7-13(18-15)23-3/h4-7H,1-3H3,(H,17,18,19). The molecular formula is C15H14ClN3O5S. The molecule has 1 N–H and O–H groups in total. The molecule has 25 heavy (non-hydrogen) atoms. The van der Waals surface area contributed by atoms with Gasteiger partial charge in [-0.05, 0) is 25.1 Å². The van der Waals surface area contributed by atoms with E-state index in [2.05, 4.69) is 14.7 Å². The number of hydrogen-bond acceptors (Lipinski definition) is 7. The van der Waals surface area contributed by atoms with E-state index < -0.39 is 10.0 Å². The smallest absolute Gasteiger partial charge is 0.298 e. The molecule has 132 valence electrons. The summed E-state index contributed by atoms with van der Waals surface area (Å²) in [5.41, 5.74) is 0.839. The number of halogens is 1. The number of rotatable bonds is 5. The van der Waals surface area contributed by atoms with Crippen LogP contribution in [0.2, 0.25) is 5.02 Å². The van der Waals surface area contributed by atoms with E-state index in [9.17, 15) is 8.42 Å². The van der Waals surface area contributed by atoms with Gasteiger partial charge in [-0.2, -0.15) is 18.4 Å². The number of sulfonamides is 1. The second kappa shape index (κ2) is 6.41. The van der Waals surface area contributed by atoms with Crippen LogP contribution < -0.4 is 14.2 Å². The summed E-state index contributed by atoms with van der Waals surface area (Å²) in [6.45, 7) is 1.63. The maximum atomic E-state index is 12.7. The maximum absolute atomic E-state index is 12.7. The zero-order valence-electron chi connectivity index (χ0n) is 13.5. The summed E-state index contributed by atoms with van der Waals surface area (Å²) in [4.78, 5) is 7.88. The van der Waals surface area contributed by atoms with Crippen molar-refractivity contribution in [3.63, 3.8) is 0 Å². The largest absolute Gasteiger partial charge is 0.481 e. The van der Waals surface area contributed by atoms with Crippen molar-refractivity contribution in [1.29, 1.82) is 0 Å². The lowest BCUT2D eigenvalue weighted by molar-refractivity contribution is 0.373. The lowest BCUT2D eigenvalue weighted by Gasteiger charge is -2.08. The number of furan rings is 1. The third kappa shape index (κ3) is 3.33. The van der Waals surface area contributed by atoms with E-state index in [1.807, 2.05) is 0 Å². The van der Waals surface area contributed by atoms with Gasteiger partial charge in [0.05, 0.1) is 20.3 Å². The summed E-state index contributed by atoms with van der Waals surface area (Å²) < 4.78 is 43.1. The minimum absolute atomic E-state index is 0.151. The van der Waals surface area contributed by atoms with Gasteiger partial charge in [-0.15, -0.1) is 0 Å². The number of benzene rings is 1. The van der Waals surface area contributed by atoms with Crippen LogP contribution in [0.25, 0.3) is 11.0 Å². The van der Waals surface area contributed by atoms with Crippen molar-refractivity contribution < 1.29 is 22.3 Å². The third-order valence-electron chi connectivity index (χ3n) is 3.42. The first-order valence-electron chi connectivity index (χ1n) is 7.02. The van der Waals surface area contributed by atoms with E-state index in [-0.39, 0.29) is 22.8 Å². The van der Waals surface area contributed by atoms with E-state index in [0.717, 1.165) is 0 Å². The predicted molar refractivity (Wildman–Crippen MR) is 91.9 cm³/mol. The Morgan fingerprint density at radius 1 is 1.12 bits per heavy atom. The Hall–Kier alpha value is -2.52. The zero-order valence-corrected chi connectivity index (χ0v) is 15.1. The molecule has 0 saturated carbocycles. The molecule has 0 spiro atoms. The average Bonchev–Trinajstić information content (AvgIpc) is 2.91. The summed E-state index contributed by atoms with van der Waals surface area (Å²) in [7, 11) is -1.27. The molecule has 3 aromatic rings. The molecule has 0 saturated heterocycles. The quantitative estimate of drug-likeness (QED) is 0.722. The lowest BCUT2D eigenvalue weighted by Crippen LogP contribution is -2.15. The second-order valence-electron chi connectivity index (χ2n) is 5.04. The molecule has 0 amide bonds. The van der Waals surface area contributed by atoms with Gasteiger partial charge in [0.2, 0.25) is 22.8 Å². The summed E-state index contributed by atoms with van der Waals surface area (Å²) in [5, 5.41) is 0.848. The fourth-order valence-corrected chi connectivity index (χ4v) is 3.56. The Balaban J connectivity index is 2.04. The number of fused-ring (bicyclic) bond motifs is 1. The third-order valence-corrected chi connectivity index (χ3v) is 4.99. The van der Waals surface area contributed by atoms with E-state index >= 15 is 0 Å². The molecular weight excluding hydrogens is 370 g/mol. The Bertz CT molecular complexity index is 1030. The average molecular weight is 384 g/mol. The Kier molecular flexibility index (Phi) is 4.44. The highest BCUT2D eigenvalue weighted by molar-refractivity contribution is 7.92.